The maximum absolute atomic E-state index is 4.71. The Morgan fingerprint density at radius 3 is 3.05 bits per heavy atom. The Labute approximate surface area is 118 Å². The van der Waals surface area contributed by atoms with Crippen LogP contribution in [0.25, 0.3) is 10.1 Å². The largest absolute Gasteiger partial charge is 0.296 e. The van der Waals surface area contributed by atoms with Gasteiger partial charge in [-0.1, -0.05) is 25.1 Å². The van der Waals surface area contributed by atoms with Crippen molar-refractivity contribution in [2.75, 3.05) is 7.05 Å². The fourth-order valence-corrected chi connectivity index (χ4v) is 5.43. The second kappa shape index (κ2) is 3.92. The summed E-state index contributed by atoms with van der Waals surface area (Å²) in [5, 5.41) is 3.61. The number of thiophene rings is 1. The summed E-state index contributed by atoms with van der Waals surface area (Å²) in [6.45, 7) is 2.42. The molecule has 1 heterocycles. The van der Waals surface area contributed by atoms with Gasteiger partial charge in [0.05, 0.1) is 0 Å². The lowest BCUT2D eigenvalue weighted by atomic mass is 9.76. The topological polar surface area (TPSA) is 12.4 Å². The predicted octanol–water partition coefficient (Wildman–Crippen LogP) is 4.88. The maximum Gasteiger partial charge on any atom is 0.0381 e. The summed E-state index contributed by atoms with van der Waals surface area (Å²) in [5.74, 6) is 1.39. The van der Waals surface area contributed by atoms with Crippen LogP contribution in [-0.2, 0) is 0 Å². The van der Waals surface area contributed by atoms with Crippen molar-refractivity contribution in [2.45, 2.75) is 32.1 Å². The number of nitrogens with zero attached hydrogens (tertiary/aromatic N) is 1. The van der Waals surface area contributed by atoms with Crippen molar-refractivity contribution in [2.24, 2.45) is 16.3 Å². The van der Waals surface area contributed by atoms with Crippen LogP contribution in [0.4, 0.5) is 0 Å². The minimum Gasteiger partial charge on any atom is -0.296 e. The highest BCUT2D eigenvalue weighted by atomic mass is 32.1. The molecule has 2 heteroatoms. The number of rotatable bonds is 1. The van der Waals surface area contributed by atoms with Gasteiger partial charge in [0.1, 0.15) is 0 Å². The van der Waals surface area contributed by atoms with Gasteiger partial charge < -0.3 is 0 Å². The summed E-state index contributed by atoms with van der Waals surface area (Å²) in [6, 6.07) is 9.01. The average Bonchev–Trinajstić information content (AvgIpc) is 3.08. The van der Waals surface area contributed by atoms with Gasteiger partial charge in [0.15, 0.2) is 0 Å². The number of hydrogen-bond acceptors (Lipinski definition) is 2. The zero-order valence-corrected chi connectivity index (χ0v) is 12.3. The Bertz CT molecular complexity index is 669. The van der Waals surface area contributed by atoms with Crippen LogP contribution in [0.15, 0.2) is 34.6 Å². The Hall–Kier alpha value is -1.15. The predicted molar refractivity (Wildman–Crippen MR) is 83.4 cm³/mol. The molecule has 98 valence electrons. The van der Waals surface area contributed by atoms with Gasteiger partial charge in [-0.25, -0.2) is 0 Å². The van der Waals surface area contributed by atoms with Gasteiger partial charge in [-0.3, -0.25) is 4.99 Å². The normalized spacial score (nSPS) is 35.6. The van der Waals surface area contributed by atoms with E-state index < -0.39 is 0 Å². The van der Waals surface area contributed by atoms with Crippen LogP contribution in [0.2, 0.25) is 0 Å². The average molecular weight is 269 g/mol. The molecule has 4 rings (SSSR count). The van der Waals surface area contributed by atoms with E-state index in [4.69, 9.17) is 4.99 Å². The summed E-state index contributed by atoms with van der Waals surface area (Å²) in [4.78, 5) is 4.71. The summed E-state index contributed by atoms with van der Waals surface area (Å²) in [6.07, 6.45) is 4.05. The fraction of sp³-hybridized carbons (Fsp3) is 0.471. The lowest BCUT2D eigenvalue weighted by Crippen LogP contribution is -2.27. The van der Waals surface area contributed by atoms with E-state index in [1.54, 1.807) is 0 Å². The van der Waals surface area contributed by atoms with E-state index in [2.05, 4.69) is 36.6 Å². The van der Waals surface area contributed by atoms with Crippen molar-refractivity contribution >= 4 is 27.1 Å². The Morgan fingerprint density at radius 1 is 1.32 bits per heavy atom. The molecule has 0 aliphatic heterocycles. The molecular formula is C17H19NS. The van der Waals surface area contributed by atoms with Gasteiger partial charge >= 0.3 is 0 Å². The van der Waals surface area contributed by atoms with Crippen LogP contribution in [0, 0.1) is 11.3 Å². The van der Waals surface area contributed by atoms with Gasteiger partial charge in [0, 0.05) is 28.8 Å². The van der Waals surface area contributed by atoms with Crippen molar-refractivity contribution in [1.29, 1.82) is 0 Å². The van der Waals surface area contributed by atoms with Crippen molar-refractivity contribution in [3.63, 3.8) is 0 Å². The highest BCUT2D eigenvalue weighted by molar-refractivity contribution is 7.17. The fourth-order valence-electron chi connectivity index (χ4n) is 4.47. The molecule has 3 atom stereocenters. The van der Waals surface area contributed by atoms with Crippen molar-refractivity contribution in [3.05, 3.63) is 35.2 Å². The molecule has 0 spiro atoms. The molecular weight excluding hydrogens is 250 g/mol. The zero-order chi connectivity index (χ0) is 13.0. The van der Waals surface area contributed by atoms with Crippen LogP contribution < -0.4 is 0 Å². The van der Waals surface area contributed by atoms with Gasteiger partial charge in [0.25, 0.3) is 0 Å². The second-order valence-electron chi connectivity index (χ2n) is 6.34. The van der Waals surface area contributed by atoms with Crippen LogP contribution in [0.3, 0.4) is 0 Å². The van der Waals surface area contributed by atoms with E-state index in [1.807, 2.05) is 18.4 Å². The third-order valence-corrected chi connectivity index (χ3v) is 6.23. The summed E-state index contributed by atoms with van der Waals surface area (Å²) in [5.41, 5.74) is 3.37. The van der Waals surface area contributed by atoms with Gasteiger partial charge in [-0.15, -0.1) is 11.3 Å². The number of aliphatic imine (C=N–C) groups is 1. The zero-order valence-electron chi connectivity index (χ0n) is 11.5. The SMILES string of the molecule is CN=C1C(c2cccc3ccsc23)[C@@H]2CC[C@@]1(C)C2. The summed E-state index contributed by atoms with van der Waals surface area (Å²) >= 11 is 1.88. The maximum atomic E-state index is 4.71. The molecule has 2 aromatic rings. The van der Waals surface area contributed by atoms with Gasteiger partial charge in [0.2, 0.25) is 0 Å². The summed E-state index contributed by atoms with van der Waals surface area (Å²) in [7, 11) is 1.99. The van der Waals surface area contributed by atoms with Crippen LogP contribution in [-0.4, -0.2) is 12.8 Å². The van der Waals surface area contributed by atoms with E-state index in [9.17, 15) is 0 Å². The van der Waals surface area contributed by atoms with E-state index in [0.717, 1.165) is 5.92 Å². The lowest BCUT2D eigenvalue weighted by molar-refractivity contribution is 0.497. The standard InChI is InChI=1S/C17H19NS/c1-17-8-6-12(10-17)14(16(17)18-2)13-5-3-4-11-7-9-19-15(11)13/h3-5,7,9,12,14H,6,8,10H2,1-2H3/t12-,14?,17+/m1/s1. The van der Waals surface area contributed by atoms with Gasteiger partial charge in [-0.2, -0.15) is 0 Å². The lowest BCUT2D eigenvalue weighted by Gasteiger charge is -2.29. The molecule has 2 aliphatic rings. The molecule has 0 radical (unpaired) electrons. The molecule has 1 nitrogen and oxygen atoms in total. The minimum atomic E-state index is 0.378. The molecule has 0 saturated heterocycles. The van der Waals surface area contributed by atoms with E-state index in [1.165, 1.54) is 40.6 Å². The third-order valence-electron chi connectivity index (χ3n) is 5.25. The Kier molecular flexibility index (Phi) is 2.41. The summed E-state index contributed by atoms with van der Waals surface area (Å²) < 4.78 is 1.48. The molecule has 1 aromatic heterocycles. The second-order valence-corrected chi connectivity index (χ2v) is 7.25. The third kappa shape index (κ3) is 1.50. The number of fused-ring (bicyclic) bond motifs is 3. The Balaban J connectivity index is 1.91. The monoisotopic (exact) mass is 269 g/mol. The number of hydrogen-bond donors (Lipinski definition) is 0. The molecule has 19 heavy (non-hydrogen) atoms. The Morgan fingerprint density at radius 2 is 2.21 bits per heavy atom. The molecule has 2 fully saturated rings. The van der Waals surface area contributed by atoms with E-state index in [-0.39, 0.29) is 0 Å². The van der Waals surface area contributed by atoms with Gasteiger partial charge in [-0.05, 0) is 47.6 Å². The quantitative estimate of drug-likeness (QED) is 0.700. The van der Waals surface area contributed by atoms with Crippen molar-refractivity contribution < 1.29 is 0 Å². The molecule has 2 aliphatic carbocycles. The van der Waals surface area contributed by atoms with Crippen LogP contribution >= 0.6 is 11.3 Å². The first-order valence-electron chi connectivity index (χ1n) is 7.16. The van der Waals surface area contributed by atoms with Crippen molar-refractivity contribution in [1.82, 2.24) is 0 Å². The molecule has 2 bridgehead atoms. The minimum absolute atomic E-state index is 0.378. The highest BCUT2D eigenvalue weighted by Gasteiger charge is 2.53. The first-order chi connectivity index (χ1) is 9.23. The van der Waals surface area contributed by atoms with E-state index in [0.29, 0.717) is 11.3 Å². The number of benzene rings is 1. The molecule has 0 N–H and O–H groups in total. The highest BCUT2D eigenvalue weighted by Crippen LogP contribution is 2.59. The first-order valence-corrected chi connectivity index (χ1v) is 8.04. The molecule has 2 saturated carbocycles. The smallest absolute Gasteiger partial charge is 0.0381 e. The van der Waals surface area contributed by atoms with Crippen LogP contribution in [0.5, 0.6) is 0 Å². The molecule has 0 amide bonds. The first kappa shape index (κ1) is 11.7. The van der Waals surface area contributed by atoms with Crippen molar-refractivity contribution in [3.8, 4) is 0 Å². The molecule has 1 aromatic carbocycles. The van der Waals surface area contributed by atoms with E-state index >= 15 is 0 Å². The molecule has 1 unspecified atom stereocenters. The van der Waals surface area contributed by atoms with Crippen LogP contribution in [0.1, 0.15) is 37.7 Å².